The third-order valence-electron chi connectivity index (χ3n) is 5.54. The van der Waals surface area contributed by atoms with Crippen molar-refractivity contribution in [2.24, 2.45) is 0 Å². The molecule has 10 heteroatoms. The van der Waals surface area contributed by atoms with Crippen LogP contribution < -0.4 is 14.8 Å². The van der Waals surface area contributed by atoms with Crippen LogP contribution in [0.5, 0.6) is 11.5 Å². The highest BCUT2D eigenvalue weighted by molar-refractivity contribution is 5.95. The monoisotopic (exact) mass is 419 g/mol. The summed E-state index contributed by atoms with van der Waals surface area (Å²) < 4.78 is 14.3. The van der Waals surface area contributed by atoms with Crippen molar-refractivity contribution in [3.8, 4) is 17.3 Å². The number of rotatable bonds is 4. The van der Waals surface area contributed by atoms with Crippen LogP contribution in [0.25, 0.3) is 11.5 Å². The van der Waals surface area contributed by atoms with Crippen molar-refractivity contribution in [2.75, 3.05) is 19.5 Å². The van der Waals surface area contributed by atoms with Gasteiger partial charge in [-0.1, -0.05) is 0 Å². The van der Waals surface area contributed by atoms with Gasteiger partial charge in [-0.15, -0.1) is 15.3 Å². The number of anilines is 1. The predicted molar refractivity (Wildman–Crippen MR) is 112 cm³/mol. The van der Waals surface area contributed by atoms with Crippen molar-refractivity contribution in [3.05, 3.63) is 53.0 Å². The van der Waals surface area contributed by atoms with Crippen LogP contribution in [0.3, 0.4) is 0 Å². The first-order valence-corrected chi connectivity index (χ1v) is 9.81. The Labute approximate surface area is 177 Å². The van der Waals surface area contributed by atoms with Gasteiger partial charge in [0.2, 0.25) is 5.91 Å². The Balaban J connectivity index is 1.69. The van der Waals surface area contributed by atoms with Gasteiger partial charge in [-0.2, -0.15) is 14.3 Å². The predicted octanol–water partition coefficient (Wildman–Crippen LogP) is 2.42. The van der Waals surface area contributed by atoms with E-state index in [1.807, 2.05) is 38.1 Å². The Morgan fingerprint density at radius 2 is 1.90 bits per heavy atom. The average molecular weight is 419 g/mol. The number of methoxy groups -OCH3 is 2. The van der Waals surface area contributed by atoms with Crippen molar-refractivity contribution in [1.29, 1.82) is 0 Å². The topological polar surface area (TPSA) is 108 Å². The largest absolute Gasteiger partial charge is 0.497 e. The van der Waals surface area contributed by atoms with Crippen molar-refractivity contribution in [2.45, 2.75) is 26.2 Å². The zero-order valence-electron chi connectivity index (χ0n) is 17.6. The molecule has 4 heterocycles. The molecule has 1 N–H and O–H groups in total. The van der Waals surface area contributed by atoms with Crippen LogP contribution in [-0.2, 0) is 4.79 Å². The van der Waals surface area contributed by atoms with Gasteiger partial charge in [0.1, 0.15) is 17.3 Å². The van der Waals surface area contributed by atoms with Gasteiger partial charge >= 0.3 is 0 Å². The lowest BCUT2D eigenvalue weighted by Gasteiger charge is -2.26. The van der Waals surface area contributed by atoms with E-state index in [9.17, 15) is 4.79 Å². The van der Waals surface area contributed by atoms with Crippen LogP contribution in [0.2, 0.25) is 0 Å². The summed E-state index contributed by atoms with van der Waals surface area (Å²) in [5.41, 5.74) is 3.24. The molecule has 0 aliphatic carbocycles. The minimum Gasteiger partial charge on any atom is -0.497 e. The van der Waals surface area contributed by atoms with Crippen LogP contribution in [0.1, 0.15) is 35.0 Å². The van der Waals surface area contributed by atoms with Crippen LogP contribution in [0, 0.1) is 13.8 Å². The fourth-order valence-electron chi connectivity index (χ4n) is 4.09. The Hall–Kier alpha value is -3.95. The van der Waals surface area contributed by atoms with E-state index in [1.54, 1.807) is 29.5 Å². The Bertz CT molecular complexity index is 1320. The van der Waals surface area contributed by atoms with E-state index < -0.39 is 0 Å². The summed E-state index contributed by atoms with van der Waals surface area (Å²) in [6.45, 7) is 3.75. The zero-order chi connectivity index (χ0) is 21.7. The molecule has 0 fully saturated rings. The maximum Gasteiger partial charge on any atom is 0.226 e. The van der Waals surface area contributed by atoms with Gasteiger partial charge in [-0.25, -0.2) is 0 Å². The van der Waals surface area contributed by atoms with Gasteiger partial charge in [0.25, 0.3) is 0 Å². The van der Waals surface area contributed by atoms with Crippen LogP contribution in [-0.4, -0.2) is 49.7 Å². The second-order valence-corrected chi connectivity index (χ2v) is 7.38. The lowest BCUT2D eigenvalue weighted by atomic mass is 9.85. The summed E-state index contributed by atoms with van der Waals surface area (Å²) >= 11 is 0. The number of aromatic nitrogens is 6. The highest BCUT2D eigenvalue weighted by Gasteiger charge is 2.34. The summed E-state index contributed by atoms with van der Waals surface area (Å²) in [7, 11) is 3.23. The third-order valence-corrected chi connectivity index (χ3v) is 5.54. The minimum absolute atomic E-state index is 0.106. The SMILES string of the molecule is COc1ccc(OC)c([C@@H]2CC(=O)Nc3c2c(C)nn3-c2ccc3nnc(C)n3n2)c1. The number of fused-ring (bicyclic) bond motifs is 2. The number of hydrogen-bond acceptors (Lipinski definition) is 7. The molecule has 10 nitrogen and oxygen atoms in total. The first-order valence-electron chi connectivity index (χ1n) is 9.81. The van der Waals surface area contributed by atoms with E-state index in [0.717, 1.165) is 16.8 Å². The molecule has 4 aromatic rings. The summed E-state index contributed by atoms with van der Waals surface area (Å²) in [6.07, 6.45) is 0.278. The fraction of sp³-hybridized carbons (Fsp3) is 0.286. The Morgan fingerprint density at radius 1 is 1.06 bits per heavy atom. The first-order chi connectivity index (χ1) is 15.0. The van der Waals surface area contributed by atoms with Crippen molar-refractivity contribution in [1.82, 2.24) is 29.6 Å². The van der Waals surface area contributed by atoms with Crippen LogP contribution in [0.15, 0.2) is 30.3 Å². The molecule has 3 aromatic heterocycles. The molecular weight excluding hydrogens is 398 g/mol. The molecule has 0 unspecified atom stereocenters. The number of nitrogens with zero attached hydrogens (tertiary/aromatic N) is 6. The summed E-state index contributed by atoms with van der Waals surface area (Å²) in [5, 5.41) is 20.4. The molecule has 1 aliphatic rings. The standard InChI is InChI=1S/C21H21N7O3/c1-11-20-15(14-9-13(30-3)5-6-16(14)31-4)10-19(29)22-21(20)28(25-11)18-8-7-17-24-23-12(2)27(17)26-18/h5-9,15H,10H2,1-4H3,(H,22,29)/t15-/m0/s1. The highest BCUT2D eigenvalue weighted by atomic mass is 16.5. The molecule has 5 rings (SSSR count). The van der Waals surface area contributed by atoms with Gasteiger partial charge in [0.05, 0.1) is 19.9 Å². The van der Waals surface area contributed by atoms with E-state index >= 15 is 0 Å². The highest BCUT2D eigenvalue weighted by Crippen LogP contribution is 2.44. The van der Waals surface area contributed by atoms with E-state index in [-0.39, 0.29) is 18.2 Å². The normalized spacial score (nSPS) is 15.6. The van der Waals surface area contributed by atoms with Gasteiger partial charge < -0.3 is 14.8 Å². The number of carbonyl (C=O) groups is 1. The Kier molecular flexibility index (Phi) is 4.35. The molecule has 0 saturated heterocycles. The number of nitrogens with one attached hydrogen (secondary N) is 1. The zero-order valence-corrected chi connectivity index (χ0v) is 17.6. The molecule has 0 bridgehead atoms. The number of amides is 1. The summed E-state index contributed by atoms with van der Waals surface area (Å²) in [4.78, 5) is 12.7. The second-order valence-electron chi connectivity index (χ2n) is 7.38. The molecule has 1 aromatic carbocycles. The molecule has 31 heavy (non-hydrogen) atoms. The number of carbonyl (C=O) groups excluding carboxylic acids is 1. The molecule has 0 radical (unpaired) electrons. The molecular formula is C21H21N7O3. The lowest BCUT2D eigenvalue weighted by molar-refractivity contribution is -0.116. The second kappa shape index (κ2) is 7.08. The lowest BCUT2D eigenvalue weighted by Crippen LogP contribution is -2.25. The smallest absolute Gasteiger partial charge is 0.226 e. The van der Waals surface area contributed by atoms with Crippen molar-refractivity contribution < 1.29 is 14.3 Å². The van der Waals surface area contributed by atoms with Gasteiger partial charge in [-0.3, -0.25) is 4.79 Å². The number of ether oxygens (including phenoxy) is 2. The maximum atomic E-state index is 12.7. The Morgan fingerprint density at radius 3 is 2.68 bits per heavy atom. The number of benzene rings is 1. The summed E-state index contributed by atoms with van der Waals surface area (Å²) in [6, 6.07) is 9.22. The quantitative estimate of drug-likeness (QED) is 0.541. The third kappa shape index (κ3) is 2.98. The van der Waals surface area contributed by atoms with Crippen LogP contribution >= 0.6 is 0 Å². The molecule has 0 saturated carbocycles. The van der Waals surface area contributed by atoms with Crippen LogP contribution in [0.4, 0.5) is 5.82 Å². The van der Waals surface area contributed by atoms with E-state index in [4.69, 9.17) is 14.6 Å². The summed E-state index contributed by atoms with van der Waals surface area (Å²) in [5.74, 6) is 2.87. The molecule has 1 amide bonds. The molecule has 1 atom stereocenters. The van der Waals surface area contributed by atoms with Gasteiger partial charge in [0.15, 0.2) is 17.3 Å². The maximum absolute atomic E-state index is 12.7. The van der Waals surface area contributed by atoms with Gasteiger partial charge in [-0.05, 0) is 44.2 Å². The van der Waals surface area contributed by atoms with E-state index in [0.29, 0.717) is 34.6 Å². The van der Waals surface area contributed by atoms with Crippen molar-refractivity contribution >= 4 is 17.4 Å². The first kappa shape index (κ1) is 19.0. The van der Waals surface area contributed by atoms with E-state index in [1.165, 1.54) is 0 Å². The fourth-order valence-corrected chi connectivity index (χ4v) is 4.09. The average Bonchev–Trinajstić information content (AvgIpc) is 3.32. The number of aryl methyl sites for hydroxylation is 2. The van der Waals surface area contributed by atoms with E-state index in [2.05, 4.69) is 20.6 Å². The van der Waals surface area contributed by atoms with Crippen molar-refractivity contribution in [3.63, 3.8) is 0 Å². The molecule has 0 spiro atoms. The number of hydrogen-bond donors (Lipinski definition) is 1. The van der Waals surface area contributed by atoms with Gasteiger partial charge in [0, 0.05) is 23.5 Å². The molecule has 1 aliphatic heterocycles. The minimum atomic E-state index is -0.233. The molecule has 158 valence electrons.